The predicted molar refractivity (Wildman–Crippen MR) is 73.0 cm³/mol. The van der Waals surface area contributed by atoms with Crippen molar-refractivity contribution in [2.45, 2.75) is 31.9 Å². The average Bonchev–Trinajstić information content (AvgIpc) is 2.33. The molecule has 18 heavy (non-hydrogen) atoms. The first-order chi connectivity index (χ1) is 8.70. The summed E-state index contributed by atoms with van der Waals surface area (Å²) in [5, 5.41) is 6.97. The number of hydrogen-bond acceptors (Lipinski definition) is 3. The molecular formula is C15H22N2O. The van der Waals surface area contributed by atoms with E-state index in [2.05, 4.69) is 42.7 Å². The fourth-order valence-corrected chi connectivity index (χ4v) is 2.92. The molecule has 1 aromatic rings. The zero-order chi connectivity index (χ0) is 12.6. The van der Waals surface area contributed by atoms with Crippen LogP contribution in [0.5, 0.6) is 0 Å². The predicted octanol–water partition coefficient (Wildman–Crippen LogP) is 1.18. The number of morpholine rings is 1. The molecule has 3 rings (SSSR count). The molecule has 2 fully saturated rings. The summed E-state index contributed by atoms with van der Waals surface area (Å²) in [6, 6.07) is 7.22. The van der Waals surface area contributed by atoms with Crippen LogP contribution in [0.25, 0.3) is 0 Å². The quantitative estimate of drug-likeness (QED) is 0.822. The minimum Gasteiger partial charge on any atom is -0.369 e. The molecule has 2 aliphatic rings. The Morgan fingerprint density at radius 2 is 2.11 bits per heavy atom. The average molecular weight is 246 g/mol. The highest BCUT2D eigenvalue weighted by atomic mass is 16.5. The van der Waals surface area contributed by atoms with Crippen LogP contribution in [0.4, 0.5) is 0 Å². The van der Waals surface area contributed by atoms with Crippen LogP contribution in [0.15, 0.2) is 18.2 Å². The molecule has 2 heterocycles. The van der Waals surface area contributed by atoms with Gasteiger partial charge in [0.2, 0.25) is 0 Å². The Morgan fingerprint density at radius 3 is 2.78 bits per heavy atom. The third-order valence-electron chi connectivity index (χ3n) is 4.38. The topological polar surface area (TPSA) is 33.3 Å². The van der Waals surface area contributed by atoms with E-state index in [9.17, 15) is 0 Å². The lowest BCUT2D eigenvalue weighted by molar-refractivity contribution is -0.126. The summed E-state index contributed by atoms with van der Waals surface area (Å²) in [7, 11) is 0. The maximum Gasteiger partial charge on any atom is 0.108 e. The maximum absolute atomic E-state index is 6.02. The van der Waals surface area contributed by atoms with E-state index in [0.717, 1.165) is 32.7 Å². The summed E-state index contributed by atoms with van der Waals surface area (Å²) >= 11 is 0. The molecule has 3 nitrogen and oxygen atoms in total. The Labute approximate surface area is 109 Å². The van der Waals surface area contributed by atoms with Crippen molar-refractivity contribution in [3.05, 3.63) is 34.9 Å². The van der Waals surface area contributed by atoms with Crippen LogP contribution in [0.2, 0.25) is 0 Å². The molecule has 2 aliphatic heterocycles. The van der Waals surface area contributed by atoms with E-state index in [0.29, 0.717) is 6.04 Å². The summed E-state index contributed by atoms with van der Waals surface area (Å²) in [5.74, 6) is 0. The molecule has 1 atom stereocenters. The number of aryl methyl sites for hydroxylation is 2. The molecule has 0 aliphatic carbocycles. The minimum absolute atomic E-state index is 0.0387. The monoisotopic (exact) mass is 246 g/mol. The van der Waals surface area contributed by atoms with Gasteiger partial charge < -0.3 is 15.4 Å². The van der Waals surface area contributed by atoms with Crippen LogP contribution in [-0.4, -0.2) is 37.9 Å². The summed E-state index contributed by atoms with van der Waals surface area (Å²) in [6.45, 7) is 8.12. The maximum atomic E-state index is 6.02. The van der Waals surface area contributed by atoms with Crippen LogP contribution in [0.3, 0.4) is 0 Å². The molecule has 1 aromatic carbocycles. The van der Waals surface area contributed by atoms with Crippen molar-refractivity contribution in [2.75, 3.05) is 26.2 Å². The van der Waals surface area contributed by atoms with E-state index in [4.69, 9.17) is 4.74 Å². The molecule has 0 radical (unpaired) electrons. The van der Waals surface area contributed by atoms with Crippen molar-refractivity contribution in [3.8, 4) is 0 Å². The van der Waals surface area contributed by atoms with E-state index in [1.807, 2.05) is 0 Å². The SMILES string of the molecule is Cc1ccc(CC2NCCOC23CNC3)cc1C. The van der Waals surface area contributed by atoms with Crippen molar-refractivity contribution in [1.82, 2.24) is 10.6 Å². The van der Waals surface area contributed by atoms with Gasteiger partial charge in [-0.05, 0) is 37.0 Å². The van der Waals surface area contributed by atoms with Crippen molar-refractivity contribution in [2.24, 2.45) is 0 Å². The molecule has 2 N–H and O–H groups in total. The van der Waals surface area contributed by atoms with Gasteiger partial charge in [0.05, 0.1) is 6.61 Å². The van der Waals surface area contributed by atoms with Crippen LogP contribution >= 0.6 is 0 Å². The first-order valence-corrected chi connectivity index (χ1v) is 6.84. The molecule has 1 spiro atoms. The normalized spacial score (nSPS) is 26.0. The molecular weight excluding hydrogens is 224 g/mol. The molecule has 0 saturated carbocycles. The van der Waals surface area contributed by atoms with Gasteiger partial charge >= 0.3 is 0 Å². The first-order valence-electron chi connectivity index (χ1n) is 6.84. The van der Waals surface area contributed by atoms with Crippen LogP contribution in [0, 0.1) is 13.8 Å². The second-order valence-electron chi connectivity index (χ2n) is 5.65. The fourth-order valence-electron chi connectivity index (χ4n) is 2.92. The Hall–Kier alpha value is -0.900. The van der Waals surface area contributed by atoms with Gasteiger partial charge in [0.25, 0.3) is 0 Å². The number of rotatable bonds is 2. The van der Waals surface area contributed by atoms with Crippen LogP contribution < -0.4 is 10.6 Å². The Bertz CT molecular complexity index is 440. The molecule has 0 aromatic heterocycles. The Balaban J connectivity index is 1.76. The van der Waals surface area contributed by atoms with E-state index in [-0.39, 0.29) is 5.60 Å². The standard InChI is InChI=1S/C15H22N2O/c1-11-3-4-13(7-12(11)2)8-14-15(9-16-10-15)18-6-5-17-14/h3-4,7,14,16-17H,5-6,8-10H2,1-2H3. The largest absolute Gasteiger partial charge is 0.369 e. The Kier molecular flexibility index (Phi) is 3.14. The highest BCUT2D eigenvalue weighted by Crippen LogP contribution is 2.27. The zero-order valence-corrected chi connectivity index (χ0v) is 11.3. The van der Waals surface area contributed by atoms with E-state index < -0.39 is 0 Å². The number of hydrogen-bond donors (Lipinski definition) is 2. The second-order valence-corrected chi connectivity index (χ2v) is 5.65. The third-order valence-corrected chi connectivity index (χ3v) is 4.38. The smallest absolute Gasteiger partial charge is 0.108 e. The van der Waals surface area contributed by atoms with E-state index in [1.54, 1.807) is 0 Å². The molecule has 3 heteroatoms. The molecule has 98 valence electrons. The van der Waals surface area contributed by atoms with Crippen molar-refractivity contribution in [1.29, 1.82) is 0 Å². The van der Waals surface area contributed by atoms with Crippen molar-refractivity contribution >= 4 is 0 Å². The van der Waals surface area contributed by atoms with E-state index in [1.165, 1.54) is 16.7 Å². The summed E-state index contributed by atoms with van der Waals surface area (Å²) in [5.41, 5.74) is 4.20. The van der Waals surface area contributed by atoms with Crippen LogP contribution in [-0.2, 0) is 11.2 Å². The van der Waals surface area contributed by atoms with Gasteiger partial charge in [-0.1, -0.05) is 18.2 Å². The Morgan fingerprint density at radius 1 is 1.28 bits per heavy atom. The first kappa shape index (κ1) is 12.2. The molecule has 2 saturated heterocycles. The number of benzene rings is 1. The lowest BCUT2D eigenvalue weighted by Crippen LogP contribution is -2.73. The van der Waals surface area contributed by atoms with Gasteiger partial charge in [0, 0.05) is 25.7 Å². The minimum atomic E-state index is 0.0387. The second kappa shape index (κ2) is 4.65. The van der Waals surface area contributed by atoms with Gasteiger partial charge in [0.1, 0.15) is 5.60 Å². The van der Waals surface area contributed by atoms with Crippen LogP contribution in [0.1, 0.15) is 16.7 Å². The fraction of sp³-hybridized carbons (Fsp3) is 0.600. The molecule has 0 amide bonds. The summed E-state index contributed by atoms with van der Waals surface area (Å²) < 4.78 is 6.02. The van der Waals surface area contributed by atoms with E-state index >= 15 is 0 Å². The molecule has 0 bridgehead atoms. The lowest BCUT2D eigenvalue weighted by Gasteiger charge is -2.51. The summed E-state index contributed by atoms with van der Waals surface area (Å²) in [6.07, 6.45) is 1.06. The highest BCUT2D eigenvalue weighted by molar-refractivity contribution is 5.31. The highest BCUT2D eigenvalue weighted by Gasteiger charge is 2.46. The van der Waals surface area contributed by atoms with Gasteiger partial charge in [-0.2, -0.15) is 0 Å². The van der Waals surface area contributed by atoms with Crippen molar-refractivity contribution in [3.63, 3.8) is 0 Å². The van der Waals surface area contributed by atoms with Gasteiger partial charge in [-0.15, -0.1) is 0 Å². The van der Waals surface area contributed by atoms with Gasteiger partial charge in [-0.3, -0.25) is 0 Å². The zero-order valence-electron chi connectivity index (χ0n) is 11.3. The third kappa shape index (κ3) is 2.07. The lowest BCUT2D eigenvalue weighted by atomic mass is 9.82. The van der Waals surface area contributed by atoms with Gasteiger partial charge in [-0.25, -0.2) is 0 Å². The molecule has 1 unspecified atom stereocenters. The number of nitrogens with one attached hydrogen (secondary N) is 2. The van der Waals surface area contributed by atoms with Gasteiger partial charge in [0.15, 0.2) is 0 Å². The number of ether oxygens (including phenoxy) is 1. The van der Waals surface area contributed by atoms with Crippen molar-refractivity contribution < 1.29 is 4.74 Å². The summed E-state index contributed by atoms with van der Waals surface area (Å²) in [4.78, 5) is 0.